The second-order valence-electron chi connectivity index (χ2n) is 3.90. The molecule has 1 amide bonds. The number of H-pyrrole nitrogens is 1. The molecule has 2 heterocycles. The minimum Gasteiger partial charge on any atom is -0.394 e. The maximum Gasteiger partial charge on any atom is 0.259 e. The Morgan fingerprint density at radius 2 is 2.44 bits per heavy atom. The summed E-state index contributed by atoms with van der Waals surface area (Å²) in [5.74, 6) is -0.293. The number of hydrogen-bond donors (Lipinski definition) is 2. The van der Waals surface area contributed by atoms with Gasteiger partial charge in [-0.1, -0.05) is 0 Å². The Morgan fingerprint density at radius 3 is 3.12 bits per heavy atom. The number of amides is 1. The third-order valence-corrected chi connectivity index (χ3v) is 2.90. The minimum absolute atomic E-state index is 0.0452. The number of aromatic amines is 1. The molecule has 0 aromatic carbocycles. The summed E-state index contributed by atoms with van der Waals surface area (Å²) < 4.78 is 0. The van der Waals surface area contributed by atoms with Crippen molar-refractivity contribution in [3.8, 4) is 0 Å². The van der Waals surface area contributed by atoms with E-state index in [1.807, 2.05) is 0 Å². The summed E-state index contributed by atoms with van der Waals surface area (Å²) in [6, 6.07) is 1.18. The van der Waals surface area contributed by atoms with E-state index in [1.165, 1.54) is 18.5 Å². The monoisotopic (exact) mass is 222 g/mol. The molecule has 2 N–H and O–H groups in total. The highest BCUT2D eigenvalue weighted by atomic mass is 16.3. The fourth-order valence-electron chi connectivity index (χ4n) is 2.03. The molecule has 1 aromatic rings. The van der Waals surface area contributed by atoms with Crippen molar-refractivity contribution < 1.29 is 9.90 Å². The molecule has 0 radical (unpaired) electrons. The van der Waals surface area contributed by atoms with Crippen LogP contribution in [-0.2, 0) is 0 Å². The molecule has 0 saturated carbocycles. The number of pyridine rings is 1. The molecule has 2 rings (SSSR count). The Bertz CT molecular complexity index is 441. The largest absolute Gasteiger partial charge is 0.394 e. The number of likely N-dealkylation sites (tertiary alicyclic amines) is 1. The highest BCUT2D eigenvalue weighted by Crippen LogP contribution is 2.18. The van der Waals surface area contributed by atoms with Crippen LogP contribution in [0.5, 0.6) is 0 Å². The topological polar surface area (TPSA) is 73.4 Å². The van der Waals surface area contributed by atoms with E-state index in [1.54, 1.807) is 4.90 Å². The summed E-state index contributed by atoms with van der Waals surface area (Å²) >= 11 is 0. The van der Waals surface area contributed by atoms with Crippen LogP contribution in [-0.4, -0.2) is 40.1 Å². The Morgan fingerprint density at radius 1 is 1.62 bits per heavy atom. The van der Waals surface area contributed by atoms with Crippen LogP contribution < -0.4 is 5.43 Å². The number of rotatable bonds is 2. The molecule has 0 unspecified atom stereocenters. The molecule has 1 aromatic heterocycles. The second-order valence-corrected chi connectivity index (χ2v) is 3.90. The third kappa shape index (κ3) is 1.86. The number of nitrogens with zero attached hydrogens (tertiary/aromatic N) is 1. The quantitative estimate of drug-likeness (QED) is 0.738. The van der Waals surface area contributed by atoms with Crippen molar-refractivity contribution in [1.29, 1.82) is 0 Å². The van der Waals surface area contributed by atoms with Crippen LogP contribution in [0.1, 0.15) is 23.2 Å². The summed E-state index contributed by atoms with van der Waals surface area (Å²) in [6.07, 6.45) is 4.58. The van der Waals surface area contributed by atoms with Crippen molar-refractivity contribution in [2.24, 2.45) is 0 Å². The lowest BCUT2D eigenvalue weighted by atomic mass is 10.2. The summed E-state index contributed by atoms with van der Waals surface area (Å²) in [7, 11) is 0. The van der Waals surface area contributed by atoms with Crippen molar-refractivity contribution in [2.75, 3.05) is 13.2 Å². The third-order valence-electron chi connectivity index (χ3n) is 2.90. The van der Waals surface area contributed by atoms with E-state index in [9.17, 15) is 9.59 Å². The van der Waals surface area contributed by atoms with Gasteiger partial charge in [0.05, 0.1) is 12.6 Å². The van der Waals surface area contributed by atoms with E-state index in [0.29, 0.717) is 6.54 Å². The molecule has 1 fully saturated rings. The lowest BCUT2D eigenvalue weighted by molar-refractivity contribution is 0.0676. The zero-order valence-electron chi connectivity index (χ0n) is 8.85. The number of aliphatic hydroxyl groups is 1. The predicted octanol–water partition coefficient (Wildman–Crippen LogP) is -0.0282. The van der Waals surface area contributed by atoms with Gasteiger partial charge in [-0.2, -0.15) is 0 Å². The average molecular weight is 222 g/mol. The van der Waals surface area contributed by atoms with Crippen LogP contribution in [0.25, 0.3) is 0 Å². The molecule has 1 atom stereocenters. The average Bonchev–Trinajstić information content (AvgIpc) is 2.77. The molecule has 0 aliphatic carbocycles. The number of carbonyl (C=O) groups is 1. The van der Waals surface area contributed by atoms with Gasteiger partial charge in [-0.25, -0.2) is 0 Å². The number of aliphatic hydroxyl groups excluding tert-OH is 1. The van der Waals surface area contributed by atoms with Gasteiger partial charge in [-0.15, -0.1) is 0 Å². The van der Waals surface area contributed by atoms with E-state index < -0.39 is 0 Å². The van der Waals surface area contributed by atoms with Crippen molar-refractivity contribution in [2.45, 2.75) is 18.9 Å². The zero-order chi connectivity index (χ0) is 11.5. The van der Waals surface area contributed by atoms with Gasteiger partial charge >= 0.3 is 0 Å². The van der Waals surface area contributed by atoms with Gasteiger partial charge in [0.15, 0.2) is 5.43 Å². The van der Waals surface area contributed by atoms with Crippen LogP contribution in [0, 0.1) is 0 Å². The van der Waals surface area contributed by atoms with E-state index in [2.05, 4.69) is 4.98 Å². The second kappa shape index (κ2) is 4.49. The van der Waals surface area contributed by atoms with Crippen LogP contribution >= 0.6 is 0 Å². The molecule has 5 nitrogen and oxygen atoms in total. The van der Waals surface area contributed by atoms with Gasteiger partial charge < -0.3 is 15.0 Å². The fraction of sp³-hybridized carbons (Fsp3) is 0.455. The molecule has 0 bridgehead atoms. The molecule has 1 aliphatic rings. The molecule has 1 saturated heterocycles. The summed E-state index contributed by atoms with van der Waals surface area (Å²) in [5.41, 5.74) is -0.143. The first-order valence-electron chi connectivity index (χ1n) is 5.33. The normalized spacial score (nSPS) is 20.1. The van der Waals surface area contributed by atoms with Crippen LogP contribution in [0.4, 0.5) is 0 Å². The highest BCUT2D eigenvalue weighted by molar-refractivity contribution is 5.94. The summed E-state index contributed by atoms with van der Waals surface area (Å²) in [5, 5.41) is 9.12. The van der Waals surface area contributed by atoms with Crippen molar-refractivity contribution in [3.05, 3.63) is 34.2 Å². The van der Waals surface area contributed by atoms with Gasteiger partial charge in [-0.3, -0.25) is 9.59 Å². The molecular formula is C11H14N2O3. The number of hydrogen-bond acceptors (Lipinski definition) is 3. The standard InChI is InChI=1S/C11H14N2O3/c14-7-8-2-1-5-13(8)11(16)9-6-12-4-3-10(9)15/h3-4,6,8,14H,1-2,5,7H2,(H,12,15)/t8-/m0/s1. The maximum atomic E-state index is 12.0. The van der Waals surface area contributed by atoms with Gasteiger partial charge in [-0.05, 0) is 12.8 Å². The molecule has 5 heteroatoms. The smallest absolute Gasteiger partial charge is 0.259 e. The van der Waals surface area contributed by atoms with Gasteiger partial charge in [0.1, 0.15) is 5.56 Å². The first kappa shape index (κ1) is 10.9. The lowest BCUT2D eigenvalue weighted by Crippen LogP contribution is -2.39. The van der Waals surface area contributed by atoms with Crippen molar-refractivity contribution in [1.82, 2.24) is 9.88 Å². The Kier molecular flexibility index (Phi) is 3.05. The van der Waals surface area contributed by atoms with Gasteiger partial charge in [0, 0.05) is 25.0 Å². The van der Waals surface area contributed by atoms with Gasteiger partial charge in [0.25, 0.3) is 5.91 Å². The number of nitrogens with one attached hydrogen (secondary N) is 1. The molecular weight excluding hydrogens is 208 g/mol. The van der Waals surface area contributed by atoms with Crippen LogP contribution in [0.15, 0.2) is 23.3 Å². The highest BCUT2D eigenvalue weighted by Gasteiger charge is 2.29. The van der Waals surface area contributed by atoms with E-state index in [-0.39, 0.29) is 29.5 Å². The summed E-state index contributed by atoms with van der Waals surface area (Å²) in [4.78, 5) is 27.8. The van der Waals surface area contributed by atoms with Crippen molar-refractivity contribution >= 4 is 5.91 Å². The minimum atomic E-state index is -0.293. The first-order valence-corrected chi connectivity index (χ1v) is 5.33. The summed E-state index contributed by atoms with van der Waals surface area (Å²) in [6.45, 7) is 0.564. The zero-order valence-corrected chi connectivity index (χ0v) is 8.85. The fourth-order valence-corrected chi connectivity index (χ4v) is 2.03. The molecule has 0 spiro atoms. The molecule has 1 aliphatic heterocycles. The van der Waals surface area contributed by atoms with Crippen LogP contribution in [0.2, 0.25) is 0 Å². The maximum absolute atomic E-state index is 12.0. The van der Waals surface area contributed by atoms with Crippen LogP contribution in [0.3, 0.4) is 0 Å². The molecule has 16 heavy (non-hydrogen) atoms. The molecule has 86 valence electrons. The van der Waals surface area contributed by atoms with E-state index >= 15 is 0 Å². The van der Waals surface area contributed by atoms with Crippen molar-refractivity contribution in [3.63, 3.8) is 0 Å². The first-order chi connectivity index (χ1) is 7.74. The Labute approximate surface area is 92.7 Å². The van der Waals surface area contributed by atoms with Gasteiger partial charge in [0.2, 0.25) is 0 Å². The Hall–Kier alpha value is -1.62. The van der Waals surface area contributed by atoms with E-state index in [0.717, 1.165) is 12.8 Å². The Balaban J connectivity index is 2.26. The SMILES string of the molecule is O=C(c1c[nH]ccc1=O)N1CCC[C@H]1CO. The van der Waals surface area contributed by atoms with E-state index in [4.69, 9.17) is 5.11 Å². The number of aromatic nitrogens is 1. The lowest BCUT2D eigenvalue weighted by Gasteiger charge is -2.22. The number of carbonyl (C=O) groups excluding carboxylic acids is 1. The predicted molar refractivity (Wildman–Crippen MR) is 58.2 cm³/mol.